The van der Waals surface area contributed by atoms with Gasteiger partial charge in [-0.25, -0.2) is 0 Å². The van der Waals surface area contributed by atoms with Gasteiger partial charge in [-0.15, -0.1) is 12.4 Å². The standard InChI is InChI=1S/C12H15N3O3.ClH/c13-7-11(16)14-8-12(17)15-5-6-18-10-4-2-1-3-9(10)15;/h1-4H,5-8,13H2,(H,14,16);1H. The zero-order valence-corrected chi connectivity index (χ0v) is 11.1. The Hall–Kier alpha value is -1.79. The van der Waals surface area contributed by atoms with Crippen LogP contribution in [0.15, 0.2) is 24.3 Å². The highest BCUT2D eigenvalue weighted by atomic mass is 35.5. The molecule has 1 aliphatic rings. The number of hydrogen-bond donors (Lipinski definition) is 2. The number of hydrogen-bond acceptors (Lipinski definition) is 4. The van der Waals surface area contributed by atoms with Crippen LogP contribution in [0.4, 0.5) is 5.69 Å². The fraction of sp³-hybridized carbons (Fsp3) is 0.333. The first-order chi connectivity index (χ1) is 8.72. The summed E-state index contributed by atoms with van der Waals surface area (Å²) >= 11 is 0. The Morgan fingerprint density at radius 2 is 2.11 bits per heavy atom. The highest BCUT2D eigenvalue weighted by Gasteiger charge is 2.23. The maximum atomic E-state index is 12.0. The fourth-order valence-corrected chi connectivity index (χ4v) is 1.77. The maximum Gasteiger partial charge on any atom is 0.246 e. The Balaban J connectivity index is 0.00000180. The largest absolute Gasteiger partial charge is 0.490 e. The molecule has 0 aliphatic carbocycles. The van der Waals surface area contributed by atoms with Crippen LogP contribution in [0.25, 0.3) is 0 Å². The second-order valence-electron chi connectivity index (χ2n) is 3.84. The molecule has 0 atom stereocenters. The van der Waals surface area contributed by atoms with Gasteiger partial charge in [-0.3, -0.25) is 9.59 Å². The number of rotatable bonds is 3. The van der Waals surface area contributed by atoms with Gasteiger partial charge in [0.1, 0.15) is 12.4 Å². The van der Waals surface area contributed by atoms with Crippen molar-refractivity contribution >= 4 is 29.9 Å². The molecule has 7 heteroatoms. The highest BCUT2D eigenvalue weighted by molar-refractivity contribution is 5.98. The minimum atomic E-state index is -0.343. The van der Waals surface area contributed by atoms with Crippen molar-refractivity contribution in [2.24, 2.45) is 5.73 Å². The van der Waals surface area contributed by atoms with E-state index < -0.39 is 0 Å². The van der Waals surface area contributed by atoms with Crippen LogP contribution in [0.5, 0.6) is 5.75 Å². The van der Waals surface area contributed by atoms with Crippen molar-refractivity contribution in [3.63, 3.8) is 0 Å². The normalized spacial score (nSPS) is 12.8. The molecule has 3 N–H and O–H groups in total. The van der Waals surface area contributed by atoms with Gasteiger partial charge in [0.05, 0.1) is 25.3 Å². The lowest BCUT2D eigenvalue weighted by molar-refractivity contribution is -0.124. The van der Waals surface area contributed by atoms with Crippen LogP contribution in [0, 0.1) is 0 Å². The minimum absolute atomic E-state index is 0. The first kappa shape index (κ1) is 15.3. The van der Waals surface area contributed by atoms with Gasteiger partial charge in [-0.2, -0.15) is 0 Å². The molecule has 0 saturated carbocycles. The Morgan fingerprint density at radius 1 is 1.37 bits per heavy atom. The zero-order valence-electron chi connectivity index (χ0n) is 10.3. The fourth-order valence-electron chi connectivity index (χ4n) is 1.77. The summed E-state index contributed by atoms with van der Waals surface area (Å²) in [5.41, 5.74) is 5.89. The number of nitrogens with one attached hydrogen (secondary N) is 1. The van der Waals surface area contributed by atoms with Crippen molar-refractivity contribution < 1.29 is 14.3 Å². The van der Waals surface area contributed by atoms with Crippen LogP contribution in [0.2, 0.25) is 0 Å². The van der Waals surface area contributed by atoms with Gasteiger partial charge in [0, 0.05) is 0 Å². The number of halogens is 1. The lowest BCUT2D eigenvalue weighted by atomic mass is 10.2. The molecule has 6 nitrogen and oxygen atoms in total. The van der Waals surface area contributed by atoms with Crippen molar-refractivity contribution in [2.75, 3.05) is 31.1 Å². The molecule has 1 aliphatic heterocycles. The van der Waals surface area contributed by atoms with Gasteiger partial charge in [0.2, 0.25) is 11.8 Å². The first-order valence-corrected chi connectivity index (χ1v) is 5.71. The van der Waals surface area contributed by atoms with Crippen molar-refractivity contribution in [3.8, 4) is 5.75 Å². The molecule has 1 aromatic rings. The number of nitrogens with zero attached hydrogens (tertiary/aromatic N) is 1. The maximum absolute atomic E-state index is 12.0. The second-order valence-corrected chi connectivity index (χ2v) is 3.84. The van der Waals surface area contributed by atoms with E-state index in [4.69, 9.17) is 10.5 Å². The molecule has 19 heavy (non-hydrogen) atoms. The molecular formula is C12H16ClN3O3. The Morgan fingerprint density at radius 3 is 2.84 bits per heavy atom. The van der Waals surface area contributed by atoms with Crippen LogP contribution in [-0.2, 0) is 9.59 Å². The number of carbonyl (C=O) groups excluding carboxylic acids is 2. The van der Waals surface area contributed by atoms with Gasteiger partial charge in [0.15, 0.2) is 0 Å². The lowest BCUT2D eigenvalue weighted by Crippen LogP contribution is -2.45. The van der Waals surface area contributed by atoms with E-state index in [1.807, 2.05) is 24.3 Å². The lowest BCUT2D eigenvalue weighted by Gasteiger charge is -2.29. The van der Waals surface area contributed by atoms with Gasteiger partial charge in [-0.1, -0.05) is 12.1 Å². The SMILES string of the molecule is Cl.NCC(=O)NCC(=O)N1CCOc2ccccc21. The third kappa shape index (κ3) is 3.59. The van der Waals surface area contributed by atoms with Gasteiger partial charge >= 0.3 is 0 Å². The van der Waals surface area contributed by atoms with Crippen molar-refractivity contribution in [2.45, 2.75) is 0 Å². The monoisotopic (exact) mass is 285 g/mol. The Labute approximate surface area is 117 Å². The van der Waals surface area contributed by atoms with Crippen LogP contribution in [0.1, 0.15) is 0 Å². The smallest absolute Gasteiger partial charge is 0.246 e. The average Bonchev–Trinajstić information content (AvgIpc) is 2.43. The molecule has 0 radical (unpaired) electrons. The summed E-state index contributed by atoms with van der Waals surface area (Å²) in [7, 11) is 0. The van der Waals surface area contributed by atoms with Gasteiger partial charge < -0.3 is 20.7 Å². The number of benzene rings is 1. The molecule has 0 fully saturated rings. The van der Waals surface area contributed by atoms with E-state index in [0.717, 1.165) is 5.69 Å². The molecule has 2 rings (SSSR count). The van der Waals surface area contributed by atoms with Crippen molar-refractivity contribution in [1.29, 1.82) is 0 Å². The van der Waals surface area contributed by atoms with E-state index in [0.29, 0.717) is 18.9 Å². The third-order valence-corrected chi connectivity index (χ3v) is 2.65. The molecule has 1 heterocycles. The average molecular weight is 286 g/mol. The minimum Gasteiger partial charge on any atom is -0.490 e. The predicted molar refractivity (Wildman–Crippen MR) is 73.6 cm³/mol. The summed E-state index contributed by atoms with van der Waals surface area (Å²) < 4.78 is 5.45. The number of carbonyl (C=O) groups is 2. The molecule has 0 unspecified atom stereocenters. The van der Waals surface area contributed by atoms with E-state index in [1.165, 1.54) is 0 Å². The van der Waals surface area contributed by atoms with Crippen LogP contribution < -0.4 is 20.7 Å². The molecule has 0 saturated heterocycles. The summed E-state index contributed by atoms with van der Waals surface area (Å²) in [6.45, 7) is 0.763. The highest BCUT2D eigenvalue weighted by Crippen LogP contribution is 2.30. The Kier molecular flexibility index (Phi) is 5.59. The van der Waals surface area contributed by atoms with Crippen LogP contribution in [0.3, 0.4) is 0 Å². The molecule has 104 valence electrons. The second kappa shape index (κ2) is 6.96. The number of para-hydroxylation sites is 2. The van der Waals surface area contributed by atoms with Crippen molar-refractivity contribution in [1.82, 2.24) is 5.32 Å². The zero-order chi connectivity index (χ0) is 13.0. The predicted octanol–water partition coefficient (Wildman–Crippen LogP) is -0.0913. The summed E-state index contributed by atoms with van der Waals surface area (Å²) in [6.07, 6.45) is 0. The molecular weight excluding hydrogens is 270 g/mol. The van der Waals surface area contributed by atoms with E-state index in [9.17, 15) is 9.59 Å². The number of amides is 2. The molecule has 2 amide bonds. The topological polar surface area (TPSA) is 84.7 Å². The number of nitrogens with two attached hydrogens (primary N) is 1. The van der Waals surface area contributed by atoms with Crippen LogP contribution in [-0.4, -0.2) is 38.1 Å². The molecule has 1 aromatic carbocycles. The number of ether oxygens (including phenoxy) is 1. The van der Waals surface area contributed by atoms with Crippen molar-refractivity contribution in [3.05, 3.63) is 24.3 Å². The molecule has 0 aromatic heterocycles. The third-order valence-electron chi connectivity index (χ3n) is 2.65. The summed E-state index contributed by atoms with van der Waals surface area (Å²) in [5.74, 6) is 0.166. The van der Waals surface area contributed by atoms with E-state index in [2.05, 4.69) is 5.32 Å². The first-order valence-electron chi connectivity index (χ1n) is 5.71. The summed E-state index contributed by atoms with van der Waals surface area (Å²) in [5, 5.41) is 2.46. The number of anilines is 1. The quantitative estimate of drug-likeness (QED) is 0.813. The summed E-state index contributed by atoms with van der Waals surface area (Å²) in [4.78, 5) is 24.6. The van der Waals surface area contributed by atoms with Gasteiger partial charge in [-0.05, 0) is 12.1 Å². The van der Waals surface area contributed by atoms with E-state index in [-0.39, 0.29) is 37.3 Å². The van der Waals surface area contributed by atoms with E-state index in [1.54, 1.807) is 4.90 Å². The molecule has 0 spiro atoms. The molecule has 0 bridgehead atoms. The van der Waals surface area contributed by atoms with Gasteiger partial charge in [0.25, 0.3) is 0 Å². The summed E-state index contributed by atoms with van der Waals surface area (Å²) in [6, 6.07) is 7.32. The van der Waals surface area contributed by atoms with Crippen LogP contribution >= 0.6 is 12.4 Å². The van der Waals surface area contributed by atoms with E-state index >= 15 is 0 Å². The Bertz CT molecular complexity index is 467. The number of fused-ring (bicyclic) bond motifs is 1.